The molecule has 0 saturated heterocycles. The summed E-state index contributed by atoms with van der Waals surface area (Å²) in [4.78, 5) is 29.0. The molecule has 1 aliphatic heterocycles. The van der Waals surface area contributed by atoms with Crippen LogP contribution in [0.25, 0.3) is 11.4 Å². The van der Waals surface area contributed by atoms with E-state index in [0.717, 1.165) is 25.7 Å². The maximum Gasteiger partial charge on any atom is 0.251 e. The first-order valence-corrected chi connectivity index (χ1v) is 12.5. The average Bonchev–Trinajstić information content (AvgIpc) is 3.63. The molecule has 0 unspecified atom stereocenters. The molecule has 2 heterocycles. The SMILES string of the molecule is COc1ccc(-c2nnn(CC(=O)N(CC(=O)NC3CCCC3)c3ccc4c(c3)OCCO4)n2)cc1OC. The van der Waals surface area contributed by atoms with Gasteiger partial charge in [-0.15, -0.1) is 10.2 Å². The lowest BCUT2D eigenvalue weighted by Gasteiger charge is -2.25. The van der Waals surface area contributed by atoms with Crippen LogP contribution < -0.4 is 29.2 Å². The second-order valence-electron chi connectivity index (χ2n) is 9.07. The van der Waals surface area contributed by atoms with Gasteiger partial charge in [-0.25, -0.2) is 0 Å². The summed E-state index contributed by atoms with van der Waals surface area (Å²) >= 11 is 0. The van der Waals surface area contributed by atoms with Crippen molar-refractivity contribution in [3.05, 3.63) is 36.4 Å². The fourth-order valence-electron chi connectivity index (χ4n) is 4.62. The van der Waals surface area contributed by atoms with Crippen LogP contribution in [0.1, 0.15) is 25.7 Å². The molecule has 0 bridgehead atoms. The number of methoxy groups -OCH3 is 2. The minimum atomic E-state index is -0.375. The Balaban J connectivity index is 1.35. The van der Waals surface area contributed by atoms with E-state index in [2.05, 4.69) is 20.7 Å². The summed E-state index contributed by atoms with van der Waals surface area (Å²) in [5.41, 5.74) is 1.17. The number of carbonyl (C=O) groups is 2. The van der Waals surface area contributed by atoms with Gasteiger partial charge in [-0.2, -0.15) is 4.80 Å². The van der Waals surface area contributed by atoms with Crippen LogP contribution in [-0.2, 0) is 16.1 Å². The number of anilines is 1. The molecular formula is C26H30N6O6. The maximum absolute atomic E-state index is 13.5. The van der Waals surface area contributed by atoms with Crippen molar-refractivity contribution >= 4 is 17.5 Å². The lowest BCUT2D eigenvalue weighted by molar-refractivity contribution is -0.124. The molecule has 12 nitrogen and oxygen atoms in total. The van der Waals surface area contributed by atoms with Gasteiger partial charge < -0.3 is 29.2 Å². The molecule has 0 radical (unpaired) electrons. The van der Waals surface area contributed by atoms with Gasteiger partial charge in [-0.1, -0.05) is 12.8 Å². The van der Waals surface area contributed by atoms with Crippen LogP contribution >= 0.6 is 0 Å². The van der Waals surface area contributed by atoms with E-state index >= 15 is 0 Å². The van der Waals surface area contributed by atoms with Crippen molar-refractivity contribution in [2.45, 2.75) is 38.3 Å². The number of hydrogen-bond donors (Lipinski definition) is 1. The molecule has 1 saturated carbocycles. The van der Waals surface area contributed by atoms with Gasteiger partial charge in [0.25, 0.3) is 5.91 Å². The molecule has 5 rings (SSSR count). The largest absolute Gasteiger partial charge is 0.493 e. The van der Waals surface area contributed by atoms with Crippen LogP contribution in [0, 0.1) is 0 Å². The third-order valence-corrected chi connectivity index (χ3v) is 6.53. The molecule has 3 aromatic rings. The van der Waals surface area contributed by atoms with E-state index in [9.17, 15) is 9.59 Å². The van der Waals surface area contributed by atoms with Crippen LogP contribution in [0.4, 0.5) is 5.69 Å². The van der Waals surface area contributed by atoms with Gasteiger partial charge in [0, 0.05) is 23.4 Å². The fourth-order valence-corrected chi connectivity index (χ4v) is 4.62. The van der Waals surface area contributed by atoms with Gasteiger partial charge in [0.15, 0.2) is 23.0 Å². The van der Waals surface area contributed by atoms with Crippen LogP contribution in [0.3, 0.4) is 0 Å². The van der Waals surface area contributed by atoms with E-state index in [-0.39, 0.29) is 30.9 Å². The summed E-state index contributed by atoms with van der Waals surface area (Å²) in [6.07, 6.45) is 4.09. The molecule has 2 aromatic carbocycles. The van der Waals surface area contributed by atoms with Crippen molar-refractivity contribution in [2.75, 3.05) is 38.9 Å². The summed E-state index contributed by atoms with van der Waals surface area (Å²) in [6.45, 7) is 0.505. The number of nitrogens with one attached hydrogen (secondary N) is 1. The monoisotopic (exact) mass is 522 g/mol. The van der Waals surface area contributed by atoms with E-state index in [1.54, 1.807) is 50.6 Å². The normalized spacial score (nSPS) is 14.7. The van der Waals surface area contributed by atoms with Crippen LogP contribution in [-0.4, -0.2) is 72.0 Å². The van der Waals surface area contributed by atoms with E-state index in [4.69, 9.17) is 18.9 Å². The molecule has 38 heavy (non-hydrogen) atoms. The highest BCUT2D eigenvalue weighted by molar-refractivity contribution is 5.99. The lowest BCUT2D eigenvalue weighted by Crippen LogP contribution is -2.45. The fraction of sp³-hybridized carbons (Fsp3) is 0.423. The number of benzene rings is 2. The molecule has 200 valence electrons. The second kappa shape index (κ2) is 11.4. The number of carbonyl (C=O) groups excluding carboxylic acids is 2. The van der Waals surface area contributed by atoms with Gasteiger partial charge in [-0.05, 0) is 48.4 Å². The number of ether oxygens (including phenoxy) is 4. The van der Waals surface area contributed by atoms with Gasteiger partial charge in [-0.3, -0.25) is 9.59 Å². The van der Waals surface area contributed by atoms with Crippen molar-refractivity contribution in [3.63, 3.8) is 0 Å². The van der Waals surface area contributed by atoms with Crippen molar-refractivity contribution in [1.29, 1.82) is 0 Å². The zero-order chi connectivity index (χ0) is 26.5. The Morgan fingerprint density at radius 1 is 1.03 bits per heavy atom. The van der Waals surface area contributed by atoms with Gasteiger partial charge in [0.1, 0.15) is 26.3 Å². The highest BCUT2D eigenvalue weighted by Crippen LogP contribution is 2.34. The first kappa shape index (κ1) is 25.3. The standard InChI is InChI=1S/C26H30N6O6/c1-35-20-9-7-17(13-22(20)36-2)26-28-30-32(29-26)16-25(34)31(15-24(33)27-18-5-3-4-6-18)19-8-10-21-23(14-19)38-12-11-37-21/h7-10,13-14,18H,3-6,11-12,15-16H2,1-2H3,(H,27,33). The molecule has 2 aliphatic rings. The molecule has 1 aliphatic carbocycles. The lowest BCUT2D eigenvalue weighted by atomic mass is 10.2. The second-order valence-corrected chi connectivity index (χ2v) is 9.07. The minimum absolute atomic E-state index is 0.140. The van der Waals surface area contributed by atoms with E-state index in [0.29, 0.717) is 53.3 Å². The van der Waals surface area contributed by atoms with E-state index < -0.39 is 0 Å². The van der Waals surface area contributed by atoms with Gasteiger partial charge in [0.2, 0.25) is 11.7 Å². The molecule has 2 amide bonds. The minimum Gasteiger partial charge on any atom is -0.493 e. The van der Waals surface area contributed by atoms with Crippen LogP contribution in [0.5, 0.6) is 23.0 Å². The van der Waals surface area contributed by atoms with Crippen molar-refractivity contribution in [2.24, 2.45) is 0 Å². The first-order chi connectivity index (χ1) is 18.5. The highest BCUT2D eigenvalue weighted by Gasteiger charge is 2.25. The summed E-state index contributed by atoms with van der Waals surface area (Å²) in [5, 5.41) is 15.5. The molecule has 0 spiro atoms. The summed E-state index contributed by atoms with van der Waals surface area (Å²) in [7, 11) is 3.10. The third kappa shape index (κ3) is 5.63. The number of hydrogen-bond acceptors (Lipinski definition) is 9. The number of aromatic nitrogens is 4. The number of nitrogens with zero attached hydrogens (tertiary/aromatic N) is 5. The summed E-state index contributed by atoms with van der Waals surface area (Å²) < 4.78 is 21.9. The summed E-state index contributed by atoms with van der Waals surface area (Å²) in [5.74, 6) is 1.94. The third-order valence-electron chi connectivity index (χ3n) is 6.53. The highest BCUT2D eigenvalue weighted by atomic mass is 16.6. The molecule has 1 fully saturated rings. The molecule has 12 heteroatoms. The molecular weight excluding hydrogens is 492 g/mol. The number of tetrazole rings is 1. The van der Waals surface area contributed by atoms with E-state index in [1.807, 2.05) is 0 Å². The topological polar surface area (TPSA) is 130 Å². The Hall–Kier alpha value is -4.35. The zero-order valence-electron chi connectivity index (χ0n) is 21.4. The van der Waals surface area contributed by atoms with Crippen molar-refractivity contribution in [1.82, 2.24) is 25.5 Å². The number of amides is 2. The maximum atomic E-state index is 13.5. The molecule has 1 aromatic heterocycles. The molecule has 1 N–H and O–H groups in total. The predicted octanol–water partition coefficient (Wildman–Crippen LogP) is 2.22. The smallest absolute Gasteiger partial charge is 0.251 e. The average molecular weight is 523 g/mol. The van der Waals surface area contributed by atoms with Crippen LogP contribution in [0.15, 0.2) is 36.4 Å². The van der Waals surface area contributed by atoms with Crippen molar-refractivity contribution in [3.8, 4) is 34.4 Å². The Morgan fingerprint density at radius 3 is 2.55 bits per heavy atom. The Kier molecular flexibility index (Phi) is 7.57. The Labute approximate surface area is 219 Å². The first-order valence-electron chi connectivity index (χ1n) is 12.5. The van der Waals surface area contributed by atoms with Gasteiger partial charge >= 0.3 is 0 Å². The predicted molar refractivity (Wildman–Crippen MR) is 137 cm³/mol. The quantitative estimate of drug-likeness (QED) is 0.450. The summed E-state index contributed by atoms with van der Waals surface area (Å²) in [6, 6.07) is 10.6. The van der Waals surface area contributed by atoms with Crippen LogP contribution in [0.2, 0.25) is 0 Å². The van der Waals surface area contributed by atoms with E-state index in [1.165, 1.54) is 9.70 Å². The Morgan fingerprint density at radius 2 is 1.79 bits per heavy atom. The Bertz CT molecular complexity index is 1310. The van der Waals surface area contributed by atoms with Crippen molar-refractivity contribution < 1.29 is 28.5 Å². The zero-order valence-corrected chi connectivity index (χ0v) is 21.4. The number of rotatable bonds is 9. The van der Waals surface area contributed by atoms with Gasteiger partial charge in [0.05, 0.1) is 14.2 Å². The molecule has 0 atom stereocenters. The number of fused-ring (bicyclic) bond motifs is 1.